The molecular formula is C17H23NO4. The number of rotatable bonds is 5. The van der Waals surface area contributed by atoms with Crippen molar-refractivity contribution in [1.82, 2.24) is 4.90 Å². The molecule has 1 aliphatic heterocycles. The van der Waals surface area contributed by atoms with Crippen molar-refractivity contribution in [3.8, 4) is 5.75 Å². The molecule has 1 aromatic carbocycles. The van der Waals surface area contributed by atoms with Crippen molar-refractivity contribution < 1.29 is 19.4 Å². The van der Waals surface area contributed by atoms with Crippen molar-refractivity contribution in [2.45, 2.75) is 32.1 Å². The highest BCUT2D eigenvalue weighted by Crippen LogP contribution is 2.21. The van der Waals surface area contributed by atoms with Crippen LogP contribution in [-0.2, 0) is 16.0 Å². The number of aliphatic carboxylic acids is 1. The summed E-state index contributed by atoms with van der Waals surface area (Å²) in [5, 5.41) is 8.88. The Bertz CT molecular complexity index is 512. The zero-order valence-electron chi connectivity index (χ0n) is 13.0. The van der Waals surface area contributed by atoms with Gasteiger partial charge in [0, 0.05) is 19.5 Å². The van der Waals surface area contributed by atoms with Crippen molar-refractivity contribution in [2.24, 2.45) is 5.92 Å². The number of ether oxygens (including phenoxy) is 1. The smallest absolute Gasteiger partial charge is 0.303 e. The minimum atomic E-state index is -0.747. The van der Waals surface area contributed by atoms with Crippen LogP contribution in [0, 0.1) is 5.92 Å². The van der Waals surface area contributed by atoms with Crippen LogP contribution in [0.15, 0.2) is 24.3 Å². The second kappa shape index (κ2) is 7.82. The monoisotopic (exact) mass is 305 g/mol. The Labute approximate surface area is 130 Å². The highest BCUT2D eigenvalue weighted by molar-refractivity contribution is 5.78. The van der Waals surface area contributed by atoms with Gasteiger partial charge in [-0.3, -0.25) is 9.59 Å². The molecule has 22 heavy (non-hydrogen) atoms. The SMILES string of the molecule is COc1ccc(CC(=O)N2CCC[C@H](CC(=O)O)CC2)cc1. The molecular weight excluding hydrogens is 282 g/mol. The summed E-state index contributed by atoms with van der Waals surface area (Å²) in [4.78, 5) is 25.0. The Morgan fingerprint density at radius 3 is 2.59 bits per heavy atom. The zero-order chi connectivity index (χ0) is 15.9. The van der Waals surface area contributed by atoms with Gasteiger partial charge in [0.1, 0.15) is 5.75 Å². The molecule has 0 aromatic heterocycles. The van der Waals surface area contributed by atoms with Crippen LogP contribution in [0.3, 0.4) is 0 Å². The normalized spacial score (nSPS) is 18.6. The number of likely N-dealkylation sites (tertiary alicyclic amines) is 1. The van der Waals surface area contributed by atoms with Gasteiger partial charge in [0.2, 0.25) is 5.91 Å². The molecule has 1 saturated heterocycles. The number of carbonyl (C=O) groups excluding carboxylic acids is 1. The molecule has 1 heterocycles. The lowest BCUT2D eigenvalue weighted by Gasteiger charge is -2.20. The molecule has 2 rings (SSSR count). The summed E-state index contributed by atoms with van der Waals surface area (Å²) in [6.45, 7) is 1.39. The molecule has 0 bridgehead atoms. The van der Waals surface area contributed by atoms with E-state index in [9.17, 15) is 9.59 Å². The molecule has 5 heteroatoms. The van der Waals surface area contributed by atoms with E-state index in [0.29, 0.717) is 13.0 Å². The third-order valence-electron chi connectivity index (χ3n) is 4.18. The van der Waals surface area contributed by atoms with Gasteiger partial charge in [-0.1, -0.05) is 12.1 Å². The van der Waals surface area contributed by atoms with Gasteiger partial charge < -0.3 is 14.7 Å². The van der Waals surface area contributed by atoms with Crippen LogP contribution in [0.4, 0.5) is 0 Å². The fourth-order valence-corrected chi connectivity index (χ4v) is 2.90. The van der Waals surface area contributed by atoms with Crippen LogP contribution in [-0.4, -0.2) is 42.1 Å². The standard InChI is InChI=1S/C17H23NO4/c1-22-15-6-4-14(5-7-15)11-16(19)18-9-2-3-13(8-10-18)12-17(20)21/h4-7,13H,2-3,8-12H2,1H3,(H,20,21)/t13-/m0/s1. The number of methoxy groups -OCH3 is 1. The van der Waals surface area contributed by atoms with Gasteiger partial charge >= 0.3 is 5.97 Å². The Morgan fingerprint density at radius 2 is 1.95 bits per heavy atom. The molecule has 5 nitrogen and oxygen atoms in total. The van der Waals surface area contributed by atoms with Crippen molar-refractivity contribution in [2.75, 3.05) is 20.2 Å². The van der Waals surface area contributed by atoms with Gasteiger partial charge in [-0.15, -0.1) is 0 Å². The first-order chi connectivity index (χ1) is 10.6. The number of hydrogen-bond donors (Lipinski definition) is 1. The number of carboxylic acids is 1. The van der Waals surface area contributed by atoms with E-state index in [1.807, 2.05) is 29.2 Å². The topological polar surface area (TPSA) is 66.8 Å². The molecule has 0 unspecified atom stereocenters. The first-order valence-corrected chi connectivity index (χ1v) is 7.71. The number of hydrogen-bond acceptors (Lipinski definition) is 3. The summed E-state index contributed by atoms with van der Waals surface area (Å²) in [6.07, 6.45) is 3.14. The Morgan fingerprint density at radius 1 is 1.23 bits per heavy atom. The van der Waals surface area contributed by atoms with E-state index >= 15 is 0 Å². The average molecular weight is 305 g/mol. The van der Waals surface area contributed by atoms with E-state index in [1.165, 1.54) is 0 Å². The van der Waals surface area contributed by atoms with Crippen molar-refractivity contribution in [3.63, 3.8) is 0 Å². The number of amides is 1. The van der Waals surface area contributed by atoms with Crippen LogP contribution in [0.2, 0.25) is 0 Å². The summed E-state index contributed by atoms with van der Waals surface area (Å²) in [5.41, 5.74) is 0.970. The van der Waals surface area contributed by atoms with E-state index in [1.54, 1.807) is 7.11 Å². The molecule has 0 radical (unpaired) electrons. The molecule has 0 aliphatic carbocycles. The van der Waals surface area contributed by atoms with E-state index < -0.39 is 5.97 Å². The maximum absolute atomic E-state index is 12.4. The van der Waals surface area contributed by atoms with Gasteiger partial charge in [0.05, 0.1) is 13.5 Å². The van der Waals surface area contributed by atoms with Gasteiger partial charge in [0.25, 0.3) is 0 Å². The Balaban J connectivity index is 1.87. The fourth-order valence-electron chi connectivity index (χ4n) is 2.90. The first kappa shape index (κ1) is 16.3. The fraction of sp³-hybridized carbons (Fsp3) is 0.529. The summed E-state index contributed by atoms with van der Waals surface area (Å²) in [7, 11) is 1.62. The summed E-state index contributed by atoms with van der Waals surface area (Å²) >= 11 is 0. The van der Waals surface area contributed by atoms with Crippen LogP contribution in [0.1, 0.15) is 31.2 Å². The minimum absolute atomic E-state index is 0.112. The van der Waals surface area contributed by atoms with Crippen molar-refractivity contribution in [1.29, 1.82) is 0 Å². The molecule has 1 fully saturated rings. The molecule has 0 spiro atoms. The van der Waals surface area contributed by atoms with Crippen molar-refractivity contribution in [3.05, 3.63) is 29.8 Å². The highest BCUT2D eigenvalue weighted by Gasteiger charge is 2.22. The lowest BCUT2D eigenvalue weighted by molar-refractivity contribution is -0.138. The maximum Gasteiger partial charge on any atom is 0.303 e. The van der Waals surface area contributed by atoms with Crippen LogP contribution < -0.4 is 4.74 Å². The number of carboxylic acid groups (broad SMARTS) is 1. The van der Waals surface area contributed by atoms with Gasteiger partial charge in [-0.25, -0.2) is 0 Å². The molecule has 1 aliphatic rings. The second-order valence-electron chi connectivity index (χ2n) is 5.80. The predicted octanol–water partition coefficient (Wildman–Crippen LogP) is 2.34. The first-order valence-electron chi connectivity index (χ1n) is 7.71. The highest BCUT2D eigenvalue weighted by atomic mass is 16.5. The van der Waals surface area contributed by atoms with Crippen LogP contribution in [0.25, 0.3) is 0 Å². The largest absolute Gasteiger partial charge is 0.497 e. The lowest BCUT2D eigenvalue weighted by Crippen LogP contribution is -2.33. The summed E-state index contributed by atoms with van der Waals surface area (Å²) in [6, 6.07) is 7.52. The maximum atomic E-state index is 12.4. The van der Waals surface area contributed by atoms with Gasteiger partial charge in [-0.2, -0.15) is 0 Å². The van der Waals surface area contributed by atoms with Crippen LogP contribution in [0.5, 0.6) is 5.75 Å². The van der Waals surface area contributed by atoms with Crippen molar-refractivity contribution >= 4 is 11.9 Å². The molecule has 120 valence electrons. The van der Waals surface area contributed by atoms with E-state index in [-0.39, 0.29) is 18.2 Å². The predicted molar refractivity (Wildman–Crippen MR) is 82.9 cm³/mol. The Hall–Kier alpha value is -2.04. The minimum Gasteiger partial charge on any atom is -0.497 e. The number of nitrogens with zero attached hydrogens (tertiary/aromatic N) is 1. The van der Waals surface area contributed by atoms with E-state index in [2.05, 4.69) is 0 Å². The second-order valence-corrected chi connectivity index (χ2v) is 5.80. The lowest BCUT2D eigenvalue weighted by atomic mass is 9.97. The van der Waals surface area contributed by atoms with E-state index in [4.69, 9.17) is 9.84 Å². The van der Waals surface area contributed by atoms with Gasteiger partial charge in [-0.05, 0) is 42.9 Å². The van der Waals surface area contributed by atoms with E-state index in [0.717, 1.165) is 37.1 Å². The third-order valence-corrected chi connectivity index (χ3v) is 4.18. The van der Waals surface area contributed by atoms with Crippen LogP contribution >= 0.6 is 0 Å². The molecule has 1 amide bonds. The molecule has 0 saturated carbocycles. The Kier molecular flexibility index (Phi) is 5.81. The summed E-state index contributed by atoms with van der Waals surface area (Å²) < 4.78 is 5.11. The third kappa shape index (κ3) is 4.76. The summed E-state index contributed by atoms with van der Waals surface area (Å²) in [5.74, 6) is 0.336. The zero-order valence-corrected chi connectivity index (χ0v) is 13.0. The quantitative estimate of drug-likeness (QED) is 0.906. The molecule has 1 atom stereocenters. The molecule has 1 N–H and O–H groups in total. The number of benzene rings is 1. The molecule has 1 aromatic rings. The average Bonchev–Trinajstić information content (AvgIpc) is 2.73. The van der Waals surface area contributed by atoms with Gasteiger partial charge in [0.15, 0.2) is 0 Å². The number of carbonyl (C=O) groups is 2.